The lowest BCUT2D eigenvalue weighted by molar-refractivity contribution is 0.670. The molecule has 0 radical (unpaired) electrons. The van der Waals surface area contributed by atoms with Gasteiger partial charge in [-0.15, -0.1) is 16.4 Å². The van der Waals surface area contributed by atoms with E-state index in [1.165, 1.54) is 98.2 Å². The predicted molar refractivity (Wildman–Crippen MR) is 241 cm³/mol. The van der Waals surface area contributed by atoms with Crippen molar-refractivity contribution < 1.29 is 4.42 Å². The minimum atomic E-state index is 0.901. The van der Waals surface area contributed by atoms with Gasteiger partial charge < -0.3 is 4.42 Å². The van der Waals surface area contributed by atoms with Crippen LogP contribution in [0.3, 0.4) is 0 Å². The van der Waals surface area contributed by atoms with Gasteiger partial charge in [0, 0.05) is 16.3 Å². The number of para-hydroxylation sites is 1. The molecule has 0 N–H and O–H groups in total. The van der Waals surface area contributed by atoms with Crippen molar-refractivity contribution >= 4 is 132 Å². The predicted octanol–water partition coefficient (Wildman–Crippen LogP) is 4.49. The van der Waals surface area contributed by atoms with Gasteiger partial charge in [-0.3, -0.25) is 0 Å². The summed E-state index contributed by atoms with van der Waals surface area (Å²) in [7, 11) is 11.4. The summed E-state index contributed by atoms with van der Waals surface area (Å²) in [5.74, 6) is 0. The van der Waals surface area contributed by atoms with E-state index < -0.39 is 0 Å². The fourth-order valence-electron chi connectivity index (χ4n) is 9.03. The monoisotopic (exact) mass is 656 g/mol. The first kappa shape index (κ1) is 30.9. The number of benzene rings is 9. The third-order valence-corrected chi connectivity index (χ3v) is 12.0. The van der Waals surface area contributed by atoms with Gasteiger partial charge in [0.2, 0.25) is 0 Å². The van der Waals surface area contributed by atoms with Gasteiger partial charge in [-0.2, -0.15) is 0 Å². The highest BCUT2D eigenvalue weighted by Crippen LogP contribution is 2.45. The summed E-state index contributed by atoms with van der Waals surface area (Å²) < 4.78 is 6.80. The van der Waals surface area contributed by atoms with Crippen LogP contribution >= 0.6 is 0 Å². The zero-order valence-electron chi connectivity index (χ0n) is 30.2. The van der Waals surface area contributed by atoms with Crippen molar-refractivity contribution in [1.29, 1.82) is 0 Å². The molecule has 238 valence electrons. The van der Waals surface area contributed by atoms with E-state index in [0.29, 0.717) is 0 Å². The first-order valence-corrected chi connectivity index (χ1v) is 18.3. The van der Waals surface area contributed by atoms with E-state index in [4.69, 9.17) is 4.42 Å². The molecule has 0 saturated carbocycles. The molecular weight excluding hydrogens is 623 g/mol. The number of hydrogen-bond acceptors (Lipinski definition) is 1. The van der Waals surface area contributed by atoms with Gasteiger partial charge >= 0.3 is 0 Å². The smallest absolute Gasteiger partial charge is 0.143 e. The second-order valence-corrected chi connectivity index (χ2v) is 14.5. The van der Waals surface area contributed by atoms with E-state index in [9.17, 15) is 0 Å². The first-order chi connectivity index (χ1) is 25.4. The van der Waals surface area contributed by atoms with E-state index in [1.807, 2.05) is 0 Å². The van der Waals surface area contributed by atoms with Gasteiger partial charge in [0.25, 0.3) is 0 Å². The Balaban J connectivity index is 1.24. The lowest BCUT2D eigenvalue weighted by Gasteiger charge is -2.24. The molecule has 9 aromatic carbocycles. The Labute approximate surface area is 307 Å². The topological polar surface area (TPSA) is 13.1 Å². The summed E-state index contributed by atoms with van der Waals surface area (Å²) in [6.07, 6.45) is 0. The molecule has 1 nitrogen and oxygen atoms in total. The highest BCUT2D eigenvalue weighted by molar-refractivity contribution is 6.69. The van der Waals surface area contributed by atoms with Crippen LogP contribution in [0.25, 0.3) is 98.4 Å². The molecule has 10 aromatic rings. The van der Waals surface area contributed by atoms with Crippen LogP contribution < -0.4 is 27.3 Å². The van der Waals surface area contributed by atoms with Crippen LogP contribution in [-0.4, -0.2) is 39.2 Å². The van der Waals surface area contributed by atoms with Gasteiger partial charge in [0.05, 0.1) is 0 Å². The standard InChI is InChI=1S/C46H33B5O/c47-41-40(42(48)44(50)45(51)43(41)49)39-30-14-5-3-12-28(30)38(29-13-4-6-15-31(29)39)26-21-22-36-35(23-26)34-18-8-17-33(46(34)52-36)32-16-7-10-25-20-19-24-9-1-2-11-27(24)37(25)32/h1-23H,47-51H2. The van der Waals surface area contributed by atoms with Crippen LogP contribution in [0.2, 0.25) is 0 Å². The summed E-state index contributed by atoms with van der Waals surface area (Å²) in [4.78, 5) is 0. The molecule has 1 aromatic heterocycles. The Bertz CT molecular complexity index is 3050. The second kappa shape index (κ2) is 11.6. The van der Waals surface area contributed by atoms with Gasteiger partial charge in [-0.1, -0.05) is 138 Å². The minimum absolute atomic E-state index is 0.901. The summed E-state index contributed by atoms with van der Waals surface area (Å²) in [6.45, 7) is 0. The highest BCUT2D eigenvalue weighted by atomic mass is 16.3. The Hall–Kier alpha value is -5.86. The molecule has 0 aliphatic heterocycles. The highest BCUT2D eigenvalue weighted by Gasteiger charge is 2.22. The van der Waals surface area contributed by atoms with E-state index in [2.05, 4.69) is 179 Å². The average Bonchev–Trinajstić information content (AvgIpc) is 3.57. The molecule has 0 fully saturated rings. The minimum Gasteiger partial charge on any atom is -0.455 e. The fourth-order valence-corrected chi connectivity index (χ4v) is 9.03. The van der Waals surface area contributed by atoms with Crippen molar-refractivity contribution in [2.45, 2.75) is 0 Å². The molecule has 0 atom stereocenters. The molecule has 1 heterocycles. The molecule has 0 saturated heterocycles. The van der Waals surface area contributed by atoms with Crippen LogP contribution in [0.4, 0.5) is 0 Å². The van der Waals surface area contributed by atoms with Crippen LogP contribution in [-0.2, 0) is 0 Å². The van der Waals surface area contributed by atoms with Gasteiger partial charge in [0.1, 0.15) is 50.4 Å². The molecule has 0 bridgehead atoms. The Kier molecular flexibility index (Phi) is 6.89. The van der Waals surface area contributed by atoms with Crippen LogP contribution in [0.15, 0.2) is 144 Å². The average molecular weight is 656 g/mol. The SMILES string of the molecule is Bc1c(B)c(B)c(-c2c3ccccc3c(-c3ccc4oc5c(-c6cccc7ccc8ccccc8c67)cccc5c4c3)c3ccccc23)c(B)c1B. The lowest BCUT2D eigenvalue weighted by atomic mass is 9.59. The molecule has 6 heteroatoms. The molecule has 52 heavy (non-hydrogen) atoms. The van der Waals surface area contributed by atoms with Gasteiger partial charge in [-0.25, -0.2) is 0 Å². The number of hydrogen-bond donors (Lipinski definition) is 0. The zero-order chi connectivity index (χ0) is 35.2. The maximum atomic E-state index is 6.80. The summed E-state index contributed by atoms with van der Waals surface area (Å²) in [6, 6.07) is 51.1. The number of rotatable bonds is 3. The Morgan fingerprint density at radius 1 is 0.346 bits per heavy atom. The maximum absolute atomic E-state index is 6.80. The maximum Gasteiger partial charge on any atom is 0.143 e. The molecule has 0 aliphatic rings. The van der Waals surface area contributed by atoms with Crippen LogP contribution in [0, 0.1) is 0 Å². The summed E-state index contributed by atoms with van der Waals surface area (Å²) in [5, 5.41) is 12.4. The molecule has 0 aliphatic carbocycles. The van der Waals surface area contributed by atoms with Crippen molar-refractivity contribution in [2.24, 2.45) is 0 Å². The van der Waals surface area contributed by atoms with Crippen molar-refractivity contribution in [3.05, 3.63) is 140 Å². The number of furan rings is 1. The molecule has 0 amide bonds. The first-order valence-electron chi connectivity index (χ1n) is 18.3. The molecule has 0 spiro atoms. The Morgan fingerprint density at radius 3 is 1.56 bits per heavy atom. The molecular formula is C46H33B5O. The normalized spacial score (nSPS) is 11.8. The van der Waals surface area contributed by atoms with E-state index in [-0.39, 0.29) is 0 Å². The van der Waals surface area contributed by atoms with Crippen molar-refractivity contribution in [1.82, 2.24) is 0 Å². The number of fused-ring (bicyclic) bond motifs is 8. The molecule has 10 rings (SSSR count). The van der Waals surface area contributed by atoms with Crippen LogP contribution in [0.1, 0.15) is 0 Å². The summed E-state index contributed by atoms with van der Waals surface area (Å²) >= 11 is 0. The van der Waals surface area contributed by atoms with Crippen molar-refractivity contribution in [3.8, 4) is 33.4 Å². The molecule has 0 unspecified atom stereocenters. The van der Waals surface area contributed by atoms with Gasteiger partial charge in [0.15, 0.2) is 0 Å². The van der Waals surface area contributed by atoms with E-state index in [0.717, 1.165) is 27.5 Å². The Morgan fingerprint density at radius 2 is 0.865 bits per heavy atom. The quantitative estimate of drug-likeness (QED) is 0.155. The second-order valence-electron chi connectivity index (χ2n) is 14.5. The van der Waals surface area contributed by atoms with Crippen molar-refractivity contribution in [2.75, 3.05) is 0 Å². The fraction of sp³-hybridized carbons (Fsp3) is 0. The zero-order valence-corrected chi connectivity index (χ0v) is 30.2. The van der Waals surface area contributed by atoms with Gasteiger partial charge in [-0.05, 0) is 83.0 Å². The van der Waals surface area contributed by atoms with E-state index >= 15 is 0 Å². The lowest BCUT2D eigenvalue weighted by Crippen LogP contribution is -2.55. The van der Waals surface area contributed by atoms with Crippen LogP contribution in [0.5, 0.6) is 0 Å². The van der Waals surface area contributed by atoms with E-state index in [1.54, 1.807) is 0 Å². The third kappa shape index (κ3) is 4.37. The summed E-state index contributed by atoms with van der Waals surface area (Å²) in [5.41, 5.74) is 16.2. The largest absolute Gasteiger partial charge is 0.455 e. The third-order valence-electron chi connectivity index (χ3n) is 12.0. The van der Waals surface area contributed by atoms with Crippen molar-refractivity contribution in [3.63, 3.8) is 0 Å².